The second-order valence-corrected chi connectivity index (χ2v) is 5.97. The molecule has 0 amide bonds. The molecular formula is C17H24O3. The Morgan fingerprint density at radius 2 is 1.75 bits per heavy atom. The third kappa shape index (κ3) is 2.19. The van der Waals surface area contributed by atoms with Crippen LogP contribution in [0.25, 0.3) is 0 Å². The Bertz CT molecular complexity index is 526. The molecule has 0 saturated heterocycles. The van der Waals surface area contributed by atoms with E-state index < -0.39 is 11.4 Å². The average Bonchev–Trinajstić information content (AvgIpc) is 2.44. The standard InChI is InChI=1S/C17H24O3/c1-11-10-14(12(2)13(3)15(11)20-4)17(16(18)19)8-6-5-7-9-17/h10H,5-9H2,1-4H3,(H,18,19). The average molecular weight is 276 g/mol. The summed E-state index contributed by atoms with van der Waals surface area (Å²) in [6.45, 7) is 6.03. The van der Waals surface area contributed by atoms with Gasteiger partial charge >= 0.3 is 5.97 Å². The zero-order valence-electron chi connectivity index (χ0n) is 12.9. The molecular weight excluding hydrogens is 252 g/mol. The molecule has 1 aliphatic rings. The quantitative estimate of drug-likeness (QED) is 0.910. The minimum Gasteiger partial charge on any atom is -0.496 e. The summed E-state index contributed by atoms with van der Waals surface area (Å²) in [6.07, 6.45) is 4.62. The highest BCUT2D eigenvalue weighted by atomic mass is 16.5. The number of carboxylic acids is 1. The van der Waals surface area contributed by atoms with E-state index in [1.165, 1.54) is 0 Å². The van der Waals surface area contributed by atoms with Crippen LogP contribution in [-0.2, 0) is 10.2 Å². The number of aryl methyl sites for hydroxylation is 1. The molecule has 3 nitrogen and oxygen atoms in total. The van der Waals surface area contributed by atoms with Gasteiger partial charge in [0.15, 0.2) is 0 Å². The van der Waals surface area contributed by atoms with Crippen LogP contribution in [-0.4, -0.2) is 18.2 Å². The van der Waals surface area contributed by atoms with Crippen LogP contribution in [0.2, 0.25) is 0 Å². The fourth-order valence-electron chi connectivity index (χ4n) is 3.62. The molecule has 1 aromatic rings. The van der Waals surface area contributed by atoms with Crippen molar-refractivity contribution in [2.24, 2.45) is 0 Å². The Hall–Kier alpha value is -1.51. The smallest absolute Gasteiger partial charge is 0.314 e. The molecule has 0 atom stereocenters. The van der Waals surface area contributed by atoms with Gasteiger partial charge in [-0.3, -0.25) is 4.79 Å². The van der Waals surface area contributed by atoms with Gasteiger partial charge in [-0.15, -0.1) is 0 Å². The zero-order chi connectivity index (χ0) is 14.9. The van der Waals surface area contributed by atoms with Crippen LogP contribution in [0.3, 0.4) is 0 Å². The van der Waals surface area contributed by atoms with E-state index in [2.05, 4.69) is 0 Å². The lowest BCUT2D eigenvalue weighted by molar-refractivity contribution is -0.145. The highest BCUT2D eigenvalue weighted by Gasteiger charge is 2.42. The van der Waals surface area contributed by atoms with Crippen molar-refractivity contribution in [3.63, 3.8) is 0 Å². The number of carboxylic acid groups (broad SMARTS) is 1. The van der Waals surface area contributed by atoms with Gasteiger partial charge < -0.3 is 9.84 Å². The molecule has 1 fully saturated rings. The second kappa shape index (κ2) is 5.47. The molecule has 0 spiro atoms. The van der Waals surface area contributed by atoms with Crippen molar-refractivity contribution in [2.45, 2.75) is 58.3 Å². The first-order chi connectivity index (χ1) is 9.44. The van der Waals surface area contributed by atoms with E-state index in [1.54, 1.807) is 7.11 Å². The Balaban J connectivity index is 2.63. The molecule has 0 bridgehead atoms. The normalized spacial score (nSPS) is 17.8. The van der Waals surface area contributed by atoms with Crippen LogP contribution in [0.15, 0.2) is 6.07 Å². The van der Waals surface area contributed by atoms with Gasteiger partial charge in [-0.05, 0) is 55.9 Å². The number of ether oxygens (including phenoxy) is 1. The van der Waals surface area contributed by atoms with E-state index in [4.69, 9.17) is 4.74 Å². The summed E-state index contributed by atoms with van der Waals surface area (Å²) in [5.41, 5.74) is 3.44. The molecule has 1 saturated carbocycles. The van der Waals surface area contributed by atoms with Crippen molar-refractivity contribution >= 4 is 5.97 Å². The fourth-order valence-corrected chi connectivity index (χ4v) is 3.62. The van der Waals surface area contributed by atoms with Crippen molar-refractivity contribution in [3.8, 4) is 5.75 Å². The Morgan fingerprint density at radius 1 is 1.15 bits per heavy atom. The first kappa shape index (κ1) is 14.9. The van der Waals surface area contributed by atoms with Gasteiger partial charge in [-0.25, -0.2) is 0 Å². The van der Waals surface area contributed by atoms with Gasteiger partial charge in [0.05, 0.1) is 12.5 Å². The molecule has 0 aromatic heterocycles. The van der Waals surface area contributed by atoms with Crippen LogP contribution in [0.4, 0.5) is 0 Å². The predicted octanol–water partition coefficient (Wildman–Crippen LogP) is 3.91. The topological polar surface area (TPSA) is 46.5 Å². The number of hydrogen-bond donors (Lipinski definition) is 1. The monoisotopic (exact) mass is 276 g/mol. The molecule has 0 heterocycles. The summed E-state index contributed by atoms with van der Waals surface area (Å²) in [5, 5.41) is 9.84. The van der Waals surface area contributed by atoms with Crippen LogP contribution in [0.5, 0.6) is 5.75 Å². The lowest BCUT2D eigenvalue weighted by Crippen LogP contribution is -2.38. The van der Waals surface area contributed by atoms with Crippen LogP contribution >= 0.6 is 0 Å². The molecule has 0 unspecified atom stereocenters. The van der Waals surface area contributed by atoms with Crippen molar-refractivity contribution in [2.75, 3.05) is 7.11 Å². The predicted molar refractivity (Wildman–Crippen MR) is 79.6 cm³/mol. The highest BCUT2D eigenvalue weighted by Crippen LogP contribution is 2.43. The van der Waals surface area contributed by atoms with Gasteiger partial charge in [0.25, 0.3) is 0 Å². The summed E-state index contributed by atoms with van der Waals surface area (Å²) in [6, 6.07) is 2.03. The molecule has 1 aliphatic carbocycles. The van der Waals surface area contributed by atoms with Gasteiger partial charge in [0, 0.05) is 0 Å². The van der Waals surface area contributed by atoms with E-state index in [9.17, 15) is 9.90 Å². The van der Waals surface area contributed by atoms with Gasteiger partial charge in [0.2, 0.25) is 0 Å². The summed E-state index contributed by atoms with van der Waals surface area (Å²) in [7, 11) is 1.67. The van der Waals surface area contributed by atoms with Gasteiger partial charge in [0.1, 0.15) is 5.75 Å². The summed E-state index contributed by atoms with van der Waals surface area (Å²) in [4.78, 5) is 12.0. The minimum atomic E-state index is -0.704. The molecule has 1 aromatic carbocycles. The summed E-state index contributed by atoms with van der Waals surface area (Å²) < 4.78 is 5.44. The zero-order valence-corrected chi connectivity index (χ0v) is 12.9. The third-order valence-electron chi connectivity index (χ3n) is 4.86. The van der Waals surface area contributed by atoms with E-state index >= 15 is 0 Å². The number of hydrogen-bond acceptors (Lipinski definition) is 2. The van der Waals surface area contributed by atoms with E-state index in [0.717, 1.165) is 60.1 Å². The summed E-state index contributed by atoms with van der Waals surface area (Å²) in [5.74, 6) is 0.201. The lowest BCUT2D eigenvalue weighted by Gasteiger charge is -2.35. The fraction of sp³-hybridized carbons (Fsp3) is 0.588. The van der Waals surface area contributed by atoms with Crippen LogP contribution in [0.1, 0.15) is 54.4 Å². The first-order valence-corrected chi connectivity index (χ1v) is 7.32. The number of carbonyl (C=O) groups is 1. The van der Waals surface area contributed by atoms with Gasteiger partial charge in [-0.1, -0.05) is 25.3 Å². The molecule has 110 valence electrons. The van der Waals surface area contributed by atoms with Gasteiger partial charge in [-0.2, -0.15) is 0 Å². The Kier molecular flexibility index (Phi) is 4.07. The molecule has 3 heteroatoms. The van der Waals surface area contributed by atoms with Crippen LogP contribution in [0, 0.1) is 20.8 Å². The molecule has 1 N–H and O–H groups in total. The van der Waals surface area contributed by atoms with Crippen molar-refractivity contribution < 1.29 is 14.6 Å². The Labute approximate surface area is 121 Å². The molecule has 0 radical (unpaired) electrons. The Morgan fingerprint density at radius 3 is 2.25 bits per heavy atom. The second-order valence-electron chi connectivity index (χ2n) is 5.97. The number of benzene rings is 1. The van der Waals surface area contributed by atoms with Crippen molar-refractivity contribution in [3.05, 3.63) is 28.3 Å². The number of methoxy groups -OCH3 is 1. The van der Waals surface area contributed by atoms with E-state index in [-0.39, 0.29) is 0 Å². The molecule has 0 aliphatic heterocycles. The van der Waals surface area contributed by atoms with Crippen molar-refractivity contribution in [1.82, 2.24) is 0 Å². The SMILES string of the molecule is COc1c(C)cc(C2(C(=O)O)CCCCC2)c(C)c1C. The van der Waals surface area contributed by atoms with E-state index in [0.29, 0.717) is 0 Å². The van der Waals surface area contributed by atoms with Crippen LogP contribution < -0.4 is 4.74 Å². The molecule has 20 heavy (non-hydrogen) atoms. The van der Waals surface area contributed by atoms with Crippen molar-refractivity contribution in [1.29, 1.82) is 0 Å². The first-order valence-electron chi connectivity index (χ1n) is 7.32. The highest BCUT2D eigenvalue weighted by molar-refractivity contribution is 5.82. The van der Waals surface area contributed by atoms with E-state index in [1.807, 2.05) is 26.8 Å². The maximum atomic E-state index is 12.0. The number of rotatable bonds is 3. The minimum absolute atomic E-state index is 0.677. The lowest BCUT2D eigenvalue weighted by atomic mass is 9.67. The largest absolute Gasteiger partial charge is 0.496 e. The third-order valence-corrected chi connectivity index (χ3v) is 4.86. The summed E-state index contributed by atoms with van der Waals surface area (Å²) >= 11 is 0. The molecule has 2 rings (SSSR count). The maximum Gasteiger partial charge on any atom is 0.314 e. The maximum absolute atomic E-state index is 12.0. The number of aliphatic carboxylic acids is 1.